The van der Waals surface area contributed by atoms with Crippen molar-refractivity contribution >= 4 is 22.8 Å². The van der Waals surface area contributed by atoms with Crippen molar-refractivity contribution in [2.75, 3.05) is 18.0 Å². The summed E-state index contributed by atoms with van der Waals surface area (Å²) >= 11 is 0. The normalized spacial score (nSPS) is 11.8. The van der Waals surface area contributed by atoms with E-state index < -0.39 is 25.2 Å². The van der Waals surface area contributed by atoms with Crippen molar-refractivity contribution in [2.45, 2.75) is 6.18 Å². The minimum Gasteiger partial charge on any atom is -0.480 e. The van der Waals surface area contributed by atoms with E-state index in [0.717, 1.165) is 6.33 Å². The zero-order valence-corrected chi connectivity index (χ0v) is 10.3. The first-order valence-corrected chi connectivity index (χ1v) is 5.44. The predicted molar refractivity (Wildman–Crippen MR) is 62.2 cm³/mol. The van der Waals surface area contributed by atoms with Crippen LogP contribution in [0.25, 0.3) is 11.0 Å². The van der Waals surface area contributed by atoms with Gasteiger partial charge in [0.15, 0.2) is 5.65 Å². The van der Waals surface area contributed by atoms with Gasteiger partial charge in [0, 0.05) is 7.05 Å². The molecule has 1 N–H and O–H groups in total. The smallest absolute Gasteiger partial charge is 0.405 e. The van der Waals surface area contributed by atoms with Crippen LogP contribution in [0.3, 0.4) is 0 Å². The summed E-state index contributed by atoms with van der Waals surface area (Å²) in [7, 11) is 1.57. The first-order chi connectivity index (χ1) is 9.28. The third kappa shape index (κ3) is 2.95. The zero-order chi connectivity index (χ0) is 14.9. The van der Waals surface area contributed by atoms with Gasteiger partial charge in [-0.2, -0.15) is 18.3 Å². The van der Waals surface area contributed by atoms with Gasteiger partial charge in [0.1, 0.15) is 25.2 Å². The first kappa shape index (κ1) is 14.0. The van der Waals surface area contributed by atoms with Gasteiger partial charge in [-0.1, -0.05) is 0 Å². The van der Waals surface area contributed by atoms with Gasteiger partial charge in [-0.25, -0.2) is 9.97 Å². The summed E-state index contributed by atoms with van der Waals surface area (Å²) < 4.78 is 39.0. The fourth-order valence-electron chi connectivity index (χ4n) is 1.79. The van der Waals surface area contributed by atoms with E-state index in [0.29, 0.717) is 10.5 Å². The summed E-state index contributed by atoms with van der Waals surface area (Å²) in [5.41, 5.74) is 0.326. The van der Waals surface area contributed by atoms with Gasteiger partial charge >= 0.3 is 12.1 Å². The van der Waals surface area contributed by atoms with Crippen LogP contribution in [0.4, 0.5) is 19.0 Å². The molecule has 20 heavy (non-hydrogen) atoms. The SMILES string of the molecule is Cn1ncc2c(N(CC(=O)O)CC(F)(F)F)ncnc21. The Kier molecular flexibility index (Phi) is 3.47. The molecule has 0 spiro atoms. The summed E-state index contributed by atoms with van der Waals surface area (Å²) in [6.45, 7) is -2.24. The summed E-state index contributed by atoms with van der Waals surface area (Å²) in [5, 5.41) is 12.9. The maximum Gasteiger partial charge on any atom is 0.405 e. The molecular weight excluding hydrogens is 279 g/mol. The Bertz CT molecular complexity index is 639. The molecule has 2 rings (SSSR count). The number of hydrogen-bond acceptors (Lipinski definition) is 5. The Morgan fingerprint density at radius 1 is 1.45 bits per heavy atom. The van der Waals surface area contributed by atoms with Gasteiger partial charge in [0.25, 0.3) is 0 Å². The van der Waals surface area contributed by atoms with E-state index in [9.17, 15) is 18.0 Å². The van der Waals surface area contributed by atoms with Crippen LogP contribution in [0.5, 0.6) is 0 Å². The lowest BCUT2D eigenvalue weighted by molar-refractivity contribution is -0.136. The molecule has 0 radical (unpaired) electrons. The number of rotatable bonds is 4. The molecule has 0 bridgehead atoms. The molecule has 2 aromatic heterocycles. The molecule has 0 aromatic carbocycles. The fraction of sp³-hybridized carbons (Fsp3) is 0.400. The van der Waals surface area contributed by atoms with Crippen molar-refractivity contribution < 1.29 is 23.1 Å². The Hall–Kier alpha value is -2.39. The minimum absolute atomic E-state index is 0.108. The van der Waals surface area contributed by atoms with E-state index in [1.807, 2.05) is 0 Å². The highest BCUT2D eigenvalue weighted by Crippen LogP contribution is 2.25. The lowest BCUT2D eigenvalue weighted by Gasteiger charge is -2.23. The van der Waals surface area contributed by atoms with Crippen LogP contribution >= 0.6 is 0 Å². The molecule has 0 saturated heterocycles. The summed E-state index contributed by atoms with van der Waals surface area (Å²) in [6.07, 6.45) is -2.17. The molecule has 0 fully saturated rings. The van der Waals surface area contributed by atoms with Crippen LogP contribution in [0.15, 0.2) is 12.5 Å². The third-order valence-corrected chi connectivity index (χ3v) is 2.50. The molecule has 108 valence electrons. The van der Waals surface area contributed by atoms with Gasteiger partial charge in [-0.05, 0) is 0 Å². The van der Waals surface area contributed by atoms with E-state index in [-0.39, 0.29) is 11.2 Å². The van der Waals surface area contributed by atoms with Crippen LogP contribution in [0.2, 0.25) is 0 Å². The van der Waals surface area contributed by atoms with Crippen LogP contribution < -0.4 is 4.90 Å². The van der Waals surface area contributed by atoms with Crippen LogP contribution in [-0.2, 0) is 11.8 Å². The first-order valence-electron chi connectivity index (χ1n) is 5.44. The van der Waals surface area contributed by atoms with E-state index in [1.165, 1.54) is 10.9 Å². The van der Waals surface area contributed by atoms with E-state index in [2.05, 4.69) is 15.1 Å². The van der Waals surface area contributed by atoms with E-state index in [4.69, 9.17) is 5.11 Å². The van der Waals surface area contributed by atoms with Gasteiger partial charge < -0.3 is 10.0 Å². The number of carboxylic acid groups (broad SMARTS) is 1. The molecule has 0 aliphatic carbocycles. The molecule has 0 aliphatic heterocycles. The molecule has 0 saturated carbocycles. The standard InChI is InChI=1S/C10H10F3N5O2/c1-17-8-6(2-16-17)9(15-5-14-8)18(3-7(19)20)4-10(11,12)13/h2,5H,3-4H2,1H3,(H,19,20). The Morgan fingerprint density at radius 3 is 2.75 bits per heavy atom. The van der Waals surface area contributed by atoms with E-state index >= 15 is 0 Å². The van der Waals surface area contributed by atoms with Gasteiger partial charge in [0.2, 0.25) is 0 Å². The van der Waals surface area contributed by atoms with Crippen LogP contribution in [-0.4, -0.2) is 50.1 Å². The Labute approximate surface area is 110 Å². The van der Waals surface area contributed by atoms with Gasteiger partial charge in [0.05, 0.1) is 11.6 Å². The molecule has 10 heteroatoms. The van der Waals surface area contributed by atoms with Crippen molar-refractivity contribution in [3.05, 3.63) is 12.5 Å². The summed E-state index contributed by atoms with van der Waals surface area (Å²) in [6, 6.07) is 0. The van der Waals surface area contributed by atoms with Gasteiger partial charge in [-0.3, -0.25) is 9.48 Å². The molecule has 0 unspecified atom stereocenters. The number of fused-ring (bicyclic) bond motifs is 1. The monoisotopic (exact) mass is 289 g/mol. The average molecular weight is 289 g/mol. The predicted octanol–water partition coefficient (Wildman–Crippen LogP) is 0.817. The molecule has 7 nitrogen and oxygen atoms in total. The van der Waals surface area contributed by atoms with Crippen molar-refractivity contribution in [2.24, 2.45) is 7.05 Å². The van der Waals surface area contributed by atoms with Crippen molar-refractivity contribution in [1.29, 1.82) is 0 Å². The van der Waals surface area contributed by atoms with Crippen LogP contribution in [0.1, 0.15) is 0 Å². The molecule has 2 heterocycles. The maximum absolute atomic E-state index is 12.5. The zero-order valence-electron chi connectivity index (χ0n) is 10.3. The second-order valence-corrected chi connectivity index (χ2v) is 4.07. The second kappa shape index (κ2) is 4.94. The molecule has 2 aromatic rings. The number of anilines is 1. The number of halogens is 3. The largest absolute Gasteiger partial charge is 0.480 e. The Morgan fingerprint density at radius 2 is 2.15 bits per heavy atom. The number of carbonyl (C=O) groups is 1. The fourth-order valence-corrected chi connectivity index (χ4v) is 1.79. The second-order valence-electron chi connectivity index (χ2n) is 4.07. The molecular formula is C10H10F3N5O2. The molecule has 0 aliphatic rings. The minimum atomic E-state index is -4.55. The summed E-state index contributed by atoms with van der Waals surface area (Å²) in [4.78, 5) is 19.0. The van der Waals surface area contributed by atoms with Crippen molar-refractivity contribution in [3.63, 3.8) is 0 Å². The Balaban J connectivity index is 2.47. The number of aliphatic carboxylic acids is 1. The van der Waals surface area contributed by atoms with Crippen molar-refractivity contribution in [3.8, 4) is 0 Å². The van der Waals surface area contributed by atoms with Crippen molar-refractivity contribution in [1.82, 2.24) is 19.7 Å². The number of nitrogens with zero attached hydrogens (tertiary/aromatic N) is 5. The highest BCUT2D eigenvalue weighted by molar-refractivity contribution is 5.88. The molecule has 0 amide bonds. The number of carboxylic acids is 1. The number of alkyl halides is 3. The van der Waals surface area contributed by atoms with E-state index in [1.54, 1.807) is 7.05 Å². The lowest BCUT2D eigenvalue weighted by Crippen LogP contribution is -2.38. The molecule has 0 atom stereocenters. The highest BCUT2D eigenvalue weighted by Gasteiger charge is 2.33. The third-order valence-electron chi connectivity index (χ3n) is 2.50. The lowest BCUT2D eigenvalue weighted by atomic mass is 10.3. The topological polar surface area (TPSA) is 84.1 Å². The van der Waals surface area contributed by atoms with Crippen LogP contribution in [0, 0.1) is 0 Å². The number of aryl methyl sites for hydroxylation is 1. The quantitative estimate of drug-likeness (QED) is 0.897. The van der Waals surface area contributed by atoms with Gasteiger partial charge in [-0.15, -0.1) is 0 Å². The summed E-state index contributed by atoms with van der Waals surface area (Å²) in [5.74, 6) is -1.49. The maximum atomic E-state index is 12.5. The number of aromatic nitrogens is 4. The number of hydrogen-bond donors (Lipinski definition) is 1. The highest BCUT2D eigenvalue weighted by atomic mass is 19.4. The average Bonchev–Trinajstić information content (AvgIpc) is 2.68.